The fourth-order valence-electron chi connectivity index (χ4n) is 4.30. The van der Waals surface area contributed by atoms with E-state index < -0.39 is 0 Å². The maximum absolute atomic E-state index is 12.6. The summed E-state index contributed by atoms with van der Waals surface area (Å²) in [6.07, 6.45) is 8.32. The Hall–Kier alpha value is -1.61. The maximum Gasteiger partial charge on any atom is 0.231 e. The lowest BCUT2D eigenvalue weighted by Gasteiger charge is -2.35. The molecule has 1 saturated heterocycles. The molecular formula is C23H34N2O. The second-order valence-corrected chi connectivity index (χ2v) is 7.87. The predicted octanol–water partition coefficient (Wildman–Crippen LogP) is 5.62. The molecule has 0 N–H and O–H groups in total. The SMILES string of the molecule is CCCC(=O)n1cc(C2CCN(C(C)CC)CC2)c2cc(CC)ccc21. The number of rotatable bonds is 6. The lowest BCUT2D eigenvalue weighted by Crippen LogP contribution is -2.39. The molecule has 0 aliphatic carbocycles. The number of benzene rings is 1. The molecule has 1 fully saturated rings. The summed E-state index contributed by atoms with van der Waals surface area (Å²) in [4.78, 5) is 15.3. The minimum Gasteiger partial charge on any atom is -0.301 e. The van der Waals surface area contributed by atoms with E-state index in [1.807, 2.05) is 4.57 Å². The standard InChI is InChI=1S/C23H34N2O/c1-5-8-23(26)25-16-21(20-15-18(7-3)9-10-22(20)25)19-11-13-24(14-12-19)17(4)6-2/h9-10,15-17,19H,5-8,11-14H2,1-4H3. The van der Waals surface area contributed by atoms with Crippen molar-refractivity contribution >= 4 is 16.8 Å². The summed E-state index contributed by atoms with van der Waals surface area (Å²) in [5.41, 5.74) is 3.85. The van der Waals surface area contributed by atoms with Crippen molar-refractivity contribution in [2.45, 2.75) is 78.2 Å². The molecule has 3 nitrogen and oxygen atoms in total. The van der Waals surface area contributed by atoms with Crippen molar-refractivity contribution in [1.82, 2.24) is 9.47 Å². The van der Waals surface area contributed by atoms with Gasteiger partial charge in [-0.1, -0.05) is 26.8 Å². The fourth-order valence-corrected chi connectivity index (χ4v) is 4.30. The van der Waals surface area contributed by atoms with Crippen LogP contribution in [0.3, 0.4) is 0 Å². The van der Waals surface area contributed by atoms with E-state index in [0.29, 0.717) is 18.4 Å². The highest BCUT2D eigenvalue weighted by molar-refractivity contribution is 5.95. The molecule has 0 radical (unpaired) electrons. The monoisotopic (exact) mass is 354 g/mol. The van der Waals surface area contributed by atoms with Gasteiger partial charge in [0.15, 0.2) is 0 Å². The molecule has 2 heterocycles. The van der Waals surface area contributed by atoms with Gasteiger partial charge in [0, 0.05) is 24.0 Å². The molecule has 142 valence electrons. The molecule has 0 bridgehead atoms. The third-order valence-corrected chi connectivity index (χ3v) is 6.22. The van der Waals surface area contributed by atoms with Gasteiger partial charge < -0.3 is 4.90 Å². The van der Waals surface area contributed by atoms with Crippen molar-refractivity contribution in [2.24, 2.45) is 0 Å². The summed E-state index contributed by atoms with van der Waals surface area (Å²) in [6, 6.07) is 7.32. The Kier molecular flexibility index (Phi) is 6.18. The van der Waals surface area contributed by atoms with E-state index in [-0.39, 0.29) is 5.91 Å². The lowest BCUT2D eigenvalue weighted by molar-refractivity contribution is 0.0907. The van der Waals surface area contributed by atoms with Crippen LogP contribution in [0.4, 0.5) is 0 Å². The molecule has 1 aliphatic heterocycles. The van der Waals surface area contributed by atoms with E-state index in [1.54, 1.807) is 0 Å². The minimum atomic E-state index is 0.227. The third kappa shape index (κ3) is 3.73. The van der Waals surface area contributed by atoms with Crippen LogP contribution in [0.25, 0.3) is 10.9 Å². The maximum atomic E-state index is 12.6. The molecule has 2 aromatic rings. The Morgan fingerprint density at radius 1 is 1.19 bits per heavy atom. The second kappa shape index (κ2) is 8.39. The molecule has 1 aliphatic rings. The summed E-state index contributed by atoms with van der Waals surface area (Å²) in [5.74, 6) is 0.797. The van der Waals surface area contributed by atoms with E-state index in [2.05, 4.69) is 57.0 Å². The third-order valence-electron chi connectivity index (χ3n) is 6.22. The van der Waals surface area contributed by atoms with Crippen LogP contribution in [0.1, 0.15) is 81.6 Å². The van der Waals surface area contributed by atoms with Gasteiger partial charge in [-0.05, 0) is 81.3 Å². The zero-order chi connectivity index (χ0) is 18.7. The zero-order valence-electron chi connectivity index (χ0n) is 16.9. The first kappa shape index (κ1) is 19.2. The van der Waals surface area contributed by atoms with Crippen LogP contribution in [0, 0.1) is 0 Å². The van der Waals surface area contributed by atoms with Crippen LogP contribution >= 0.6 is 0 Å². The molecule has 3 rings (SSSR count). The average molecular weight is 355 g/mol. The van der Waals surface area contributed by atoms with Crippen molar-refractivity contribution in [3.63, 3.8) is 0 Å². The van der Waals surface area contributed by atoms with Crippen LogP contribution in [-0.4, -0.2) is 34.5 Å². The molecule has 1 atom stereocenters. The second-order valence-electron chi connectivity index (χ2n) is 7.87. The molecular weight excluding hydrogens is 320 g/mol. The Morgan fingerprint density at radius 3 is 2.54 bits per heavy atom. The number of carbonyl (C=O) groups excluding carboxylic acids is 1. The first-order chi connectivity index (χ1) is 12.6. The number of hydrogen-bond donors (Lipinski definition) is 0. The van der Waals surface area contributed by atoms with Gasteiger partial charge in [0.1, 0.15) is 0 Å². The number of carbonyl (C=O) groups is 1. The first-order valence-electron chi connectivity index (χ1n) is 10.5. The van der Waals surface area contributed by atoms with Crippen molar-refractivity contribution < 1.29 is 4.79 Å². The Morgan fingerprint density at radius 2 is 1.92 bits per heavy atom. The van der Waals surface area contributed by atoms with Gasteiger partial charge in [0.2, 0.25) is 5.91 Å². The highest BCUT2D eigenvalue weighted by atomic mass is 16.2. The Labute approximate surface area is 158 Å². The first-order valence-corrected chi connectivity index (χ1v) is 10.5. The van der Waals surface area contributed by atoms with Crippen molar-refractivity contribution in [1.29, 1.82) is 0 Å². The van der Waals surface area contributed by atoms with Gasteiger partial charge in [0.05, 0.1) is 5.52 Å². The van der Waals surface area contributed by atoms with Crippen molar-refractivity contribution in [3.05, 3.63) is 35.5 Å². The Bertz CT molecular complexity index is 753. The van der Waals surface area contributed by atoms with E-state index in [9.17, 15) is 4.79 Å². The van der Waals surface area contributed by atoms with Gasteiger partial charge in [-0.25, -0.2) is 0 Å². The number of likely N-dealkylation sites (tertiary alicyclic amines) is 1. The molecule has 0 spiro atoms. The topological polar surface area (TPSA) is 25.2 Å². The summed E-state index contributed by atoms with van der Waals surface area (Å²) in [6.45, 7) is 11.2. The zero-order valence-corrected chi connectivity index (χ0v) is 16.9. The van der Waals surface area contributed by atoms with Crippen LogP contribution in [-0.2, 0) is 6.42 Å². The number of fused-ring (bicyclic) bond motifs is 1. The molecule has 3 heteroatoms. The normalized spacial score (nSPS) is 17.7. The smallest absolute Gasteiger partial charge is 0.231 e. The van der Waals surface area contributed by atoms with Gasteiger partial charge in [-0.3, -0.25) is 9.36 Å². The Balaban J connectivity index is 1.93. The van der Waals surface area contributed by atoms with Crippen molar-refractivity contribution in [3.8, 4) is 0 Å². The van der Waals surface area contributed by atoms with Crippen LogP contribution < -0.4 is 0 Å². The van der Waals surface area contributed by atoms with E-state index in [1.165, 1.54) is 48.9 Å². The summed E-state index contributed by atoms with van der Waals surface area (Å²) < 4.78 is 1.93. The van der Waals surface area contributed by atoms with Crippen LogP contribution in [0.2, 0.25) is 0 Å². The van der Waals surface area contributed by atoms with Gasteiger partial charge in [-0.2, -0.15) is 0 Å². The number of piperidine rings is 1. The predicted molar refractivity (Wildman–Crippen MR) is 110 cm³/mol. The summed E-state index contributed by atoms with van der Waals surface area (Å²) in [5, 5.41) is 1.30. The lowest BCUT2D eigenvalue weighted by atomic mass is 9.88. The molecule has 1 unspecified atom stereocenters. The molecule has 1 aromatic carbocycles. The van der Waals surface area contributed by atoms with E-state index in [4.69, 9.17) is 0 Å². The average Bonchev–Trinajstić information content (AvgIpc) is 3.06. The number of hydrogen-bond acceptors (Lipinski definition) is 2. The van der Waals surface area contributed by atoms with Gasteiger partial charge in [0.25, 0.3) is 0 Å². The molecule has 1 aromatic heterocycles. The highest BCUT2D eigenvalue weighted by Gasteiger charge is 2.26. The molecule has 0 amide bonds. The quantitative estimate of drug-likeness (QED) is 0.672. The minimum absolute atomic E-state index is 0.227. The van der Waals surface area contributed by atoms with Gasteiger partial charge in [-0.15, -0.1) is 0 Å². The van der Waals surface area contributed by atoms with Crippen molar-refractivity contribution in [2.75, 3.05) is 13.1 Å². The summed E-state index contributed by atoms with van der Waals surface area (Å²) in [7, 11) is 0. The van der Waals surface area contributed by atoms with Crippen LogP contribution in [0.5, 0.6) is 0 Å². The number of nitrogens with zero attached hydrogens (tertiary/aromatic N) is 2. The van der Waals surface area contributed by atoms with Gasteiger partial charge >= 0.3 is 0 Å². The largest absolute Gasteiger partial charge is 0.301 e. The van der Waals surface area contributed by atoms with Crippen LogP contribution in [0.15, 0.2) is 24.4 Å². The fraction of sp³-hybridized carbons (Fsp3) is 0.609. The van der Waals surface area contributed by atoms with E-state index in [0.717, 1.165) is 18.4 Å². The molecule has 26 heavy (non-hydrogen) atoms. The number of aryl methyl sites for hydroxylation is 1. The summed E-state index contributed by atoms with van der Waals surface area (Å²) >= 11 is 0. The molecule has 0 saturated carbocycles. The van der Waals surface area contributed by atoms with E-state index >= 15 is 0 Å². The number of aromatic nitrogens is 1. The highest BCUT2D eigenvalue weighted by Crippen LogP contribution is 2.35.